The SMILES string of the molecule is C=CCOC(=O)C1=C(C)NC(SCC(=O)Nc2cccc(Cl)c2)=C(C#N)C1c1ccc(C)cc1. The highest BCUT2D eigenvalue weighted by molar-refractivity contribution is 8.03. The molecule has 34 heavy (non-hydrogen) atoms. The van der Waals surface area contributed by atoms with E-state index in [-0.39, 0.29) is 18.3 Å². The van der Waals surface area contributed by atoms with Gasteiger partial charge in [0.25, 0.3) is 0 Å². The zero-order valence-electron chi connectivity index (χ0n) is 18.9. The molecule has 1 amide bonds. The van der Waals surface area contributed by atoms with Crippen LogP contribution < -0.4 is 10.6 Å². The third-order valence-corrected chi connectivity index (χ3v) is 6.32. The molecule has 2 aromatic rings. The summed E-state index contributed by atoms with van der Waals surface area (Å²) in [6, 6.07) is 16.8. The largest absolute Gasteiger partial charge is 0.458 e. The van der Waals surface area contributed by atoms with Gasteiger partial charge < -0.3 is 15.4 Å². The fraction of sp³-hybridized carbons (Fsp3) is 0.192. The molecule has 1 aliphatic heterocycles. The van der Waals surface area contributed by atoms with E-state index >= 15 is 0 Å². The Kier molecular flexibility index (Phi) is 8.58. The normalized spacial score (nSPS) is 15.3. The van der Waals surface area contributed by atoms with Crippen LogP contribution in [0.3, 0.4) is 0 Å². The van der Waals surface area contributed by atoms with Gasteiger partial charge in [0.1, 0.15) is 6.61 Å². The number of benzene rings is 2. The zero-order chi connectivity index (χ0) is 24.7. The van der Waals surface area contributed by atoms with E-state index in [1.54, 1.807) is 31.2 Å². The van der Waals surface area contributed by atoms with Gasteiger partial charge in [0.15, 0.2) is 0 Å². The lowest BCUT2D eigenvalue weighted by molar-refractivity contribution is -0.138. The van der Waals surface area contributed by atoms with Crippen molar-refractivity contribution in [1.29, 1.82) is 5.26 Å². The van der Waals surface area contributed by atoms with Crippen LogP contribution in [0.4, 0.5) is 5.69 Å². The quantitative estimate of drug-likeness (QED) is 0.375. The average Bonchev–Trinajstić information content (AvgIpc) is 2.81. The highest BCUT2D eigenvalue weighted by atomic mass is 35.5. The van der Waals surface area contributed by atoms with Gasteiger partial charge in [-0.25, -0.2) is 4.79 Å². The van der Waals surface area contributed by atoms with E-state index < -0.39 is 11.9 Å². The fourth-order valence-corrected chi connectivity index (χ4v) is 4.58. The minimum absolute atomic E-state index is 0.0597. The first kappa shape index (κ1) is 25.2. The molecule has 6 nitrogen and oxygen atoms in total. The van der Waals surface area contributed by atoms with Crippen LogP contribution in [-0.2, 0) is 14.3 Å². The van der Waals surface area contributed by atoms with Crippen molar-refractivity contribution in [2.45, 2.75) is 19.8 Å². The van der Waals surface area contributed by atoms with Gasteiger partial charge in [-0.05, 0) is 37.6 Å². The summed E-state index contributed by atoms with van der Waals surface area (Å²) >= 11 is 7.17. The second-order valence-corrected chi connectivity index (χ2v) is 9.02. The number of halogens is 1. The Bertz CT molecular complexity index is 1210. The van der Waals surface area contributed by atoms with Crippen LogP contribution in [0.2, 0.25) is 5.02 Å². The van der Waals surface area contributed by atoms with Crippen LogP contribution >= 0.6 is 23.4 Å². The molecule has 2 aromatic carbocycles. The topological polar surface area (TPSA) is 91.2 Å². The van der Waals surface area contributed by atoms with Crippen molar-refractivity contribution in [1.82, 2.24) is 5.32 Å². The van der Waals surface area contributed by atoms with Crippen molar-refractivity contribution in [3.05, 3.63) is 99.2 Å². The van der Waals surface area contributed by atoms with E-state index in [9.17, 15) is 14.9 Å². The monoisotopic (exact) mass is 493 g/mol. The summed E-state index contributed by atoms with van der Waals surface area (Å²) in [6.07, 6.45) is 1.49. The van der Waals surface area contributed by atoms with Crippen molar-refractivity contribution < 1.29 is 14.3 Å². The van der Waals surface area contributed by atoms with Gasteiger partial charge in [-0.15, -0.1) is 0 Å². The third-order valence-electron chi connectivity index (χ3n) is 5.07. The number of hydrogen-bond acceptors (Lipinski definition) is 6. The molecule has 0 aromatic heterocycles. The Labute approximate surface area is 208 Å². The molecule has 174 valence electrons. The summed E-state index contributed by atoms with van der Waals surface area (Å²) < 4.78 is 5.31. The number of hydrogen-bond donors (Lipinski definition) is 2. The number of rotatable bonds is 8. The van der Waals surface area contributed by atoms with Crippen LogP contribution in [0.15, 0.2) is 83.1 Å². The number of carbonyl (C=O) groups excluding carboxylic acids is 2. The molecule has 8 heteroatoms. The summed E-state index contributed by atoms with van der Waals surface area (Å²) in [5.74, 6) is -1.33. The third kappa shape index (κ3) is 6.10. The number of dihydropyridines is 1. The lowest BCUT2D eigenvalue weighted by atomic mass is 9.82. The second-order valence-electron chi connectivity index (χ2n) is 7.60. The number of nitriles is 1. The van der Waals surface area contributed by atoms with Crippen LogP contribution in [0.5, 0.6) is 0 Å². The number of amides is 1. The minimum atomic E-state index is -0.623. The van der Waals surface area contributed by atoms with Gasteiger partial charge in [0.05, 0.1) is 33.9 Å². The Morgan fingerprint density at radius 2 is 2.00 bits per heavy atom. The van der Waals surface area contributed by atoms with Crippen molar-refractivity contribution in [3.63, 3.8) is 0 Å². The smallest absolute Gasteiger partial charge is 0.337 e. The van der Waals surface area contributed by atoms with Crippen molar-refractivity contribution in [3.8, 4) is 6.07 Å². The highest BCUT2D eigenvalue weighted by Gasteiger charge is 2.35. The summed E-state index contributed by atoms with van der Waals surface area (Å²) in [4.78, 5) is 25.4. The van der Waals surface area contributed by atoms with Crippen LogP contribution in [0, 0.1) is 18.3 Å². The standard InChI is InChI=1S/C26H24ClN3O3S/c1-4-12-33-26(32)23-17(3)29-25(21(14-28)24(23)18-10-8-16(2)9-11-18)34-15-22(31)30-20-7-5-6-19(27)13-20/h4-11,13,24,29H,1,12,15H2,2-3H3,(H,30,31). The van der Waals surface area contributed by atoms with Gasteiger partial charge >= 0.3 is 5.97 Å². The number of esters is 1. The first-order chi connectivity index (χ1) is 16.3. The predicted molar refractivity (Wildman–Crippen MR) is 136 cm³/mol. The van der Waals surface area contributed by atoms with Gasteiger partial charge in [-0.2, -0.15) is 5.26 Å². The van der Waals surface area contributed by atoms with Gasteiger partial charge in [0.2, 0.25) is 5.91 Å². The van der Waals surface area contributed by atoms with E-state index in [0.717, 1.165) is 11.1 Å². The second kappa shape index (κ2) is 11.6. The fourth-order valence-electron chi connectivity index (χ4n) is 3.50. The molecule has 1 heterocycles. The number of carbonyl (C=O) groups is 2. The van der Waals surface area contributed by atoms with Crippen molar-refractivity contribution in [2.75, 3.05) is 17.7 Å². The Balaban J connectivity index is 1.89. The van der Waals surface area contributed by atoms with E-state index in [2.05, 4.69) is 23.3 Å². The van der Waals surface area contributed by atoms with E-state index in [0.29, 0.717) is 32.6 Å². The first-order valence-corrected chi connectivity index (χ1v) is 11.8. The maximum absolute atomic E-state index is 12.9. The maximum Gasteiger partial charge on any atom is 0.337 e. The van der Waals surface area contributed by atoms with Gasteiger partial charge in [-0.1, -0.05) is 71.9 Å². The lowest BCUT2D eigenvalue weighted by Crippen LogP contribution is -2.29. The summed E-state index contributed by atoms with van der Waals surface area (Å²) in [5.41, 5.74) is 3.70. The Morgan fingerprint density at radius 3 is 2.65 bits per heavy atom. The zero-order valence-corrected chi connectivity index (χ0v) is 20.4. The lowest BCUT2D eigenvalue weighted by Gasteiger charge is -2.29. The van der Waals surface area contributed by atoms with Crippen LogP contribution in [-0.4, -0.2) is 24.2 Å². The summed E-state index contributed by atoms with van der Waals surface area (Å²) in [7, 11) is 0. The molecule has 1 atom stereocenters. The van der Waals surface area contributed by atoms with E-state index in [1.165, 1.54) is 17.8 Å². The van der Waals surface area contributed by atoms with Crippen molar-refractivity contribution in [2.24, 2.45) is 0 Å². The van der Waals surface area contributed by atoms with Crippen LogP contribution in [0.25, 0.3) is 0 Å². The molecule has 0 aliphatic carbocycles. The summed E-state index contributed by atoms with van der Waals surface area (Å²) in [5, 5.41) is 17.0. The number of anilines is 1. The molecule has 1 unspecified atom stereocenters. The Morgan fingerprint density at radius 1 is 1.26 bits per heavy atom. The Hall–Kier alpha value is -3.47. The molecular weight excluding hydrogens is 470 g/mol. The molecule has 1 aliphatic rings. The van der Waals surface area contributed by atoms with Gasteiger partial charge in [0, 0.05) is 16.4 Å². The number of ether oxygens (including phenoxy) is 1. The predicted octanol–water partition coefficient (Wildman–Crippen LogP) is 5.45. The number of nitrogens with one attached hydrogen (secondary N) is 2. The maximum atomic E-state index is 12.9. The van der Waals surface area contributed by atoms with Crippen molar-refractivity contribution >= 4 is 40.9 Å². The molecule has 0 saturated carbocycles. The first-order valence-electron chi connectivity index (χ1n) is 10.5. The molecule has 3 rings (SSSR count). The molecule has 0 fully saturated rings. The molecular formula is C26H24ClN3O3S. The van der Waals surface area contributed by atoms with E-state index in [4.69, 9.17) is 16.3 Å². The van der Waals surface area contributed by atoms with E-state index in [1.807, 2.05) is 31.2 Å². The molecule has 0 spiro atoms. The molecule has 2 N–H and O–H groups in total. The van der Waals surface area contributed by atoms with Crippen LogP contribution in [0.1, 0.15) is 24.0 Å². The molecule has 0 bridgehead atoms. The molecule has 0 radical (unpaired) electrons. The van der Waals surface area contributed by atoms with Gasteiger partial charge in [-0.3, -0.25) is 4.79 Å². The number of thioether (sulfide) groups is 1. The highest BCUT2D eigenvalue weighted by Crippen LogP contribution is 2.41. The molecule has 0 saturated heterocycles. The number of aryl methyl sites for hydroxylation is 1. The number of nitrogens with zero attached hydrogens (tertiary/aromatic N) is 1. The average molecular weight is 494 g/mol. The minimum Gasteiger partial charge on any atom is -0.458 e. The summed E-state index contributed by atoms with van der Waals surface area (Å²) in [6.45, 7) is 7.37. The number of allylic oxidation sites excluding steroid dienone is 2.